The number of carbonyl (C=O) groups excluding carboxylic acids is 2. The maximum Gasteiger partial charge on any atom is 0.257 e. The second kappa shape index (κ2) is 7.99. The van der Waals surface area contributed by atoms with E-state index in [2.05, 4.69) is 15.6 Å². The first-order valence-electron chi connectivity index (χ1n) is 8.09. The summed E-state index contributed by atoms with van der Waals surface area (Å²) >= 11 is 0. The van der Waals surface area contributed by atoms with Crippen LogP contribution in [0.4, 0.5) is 11.4 Å². The topological polar surface area (TPSA) is 131 Å². The number of sulfonamides is 1. The number of anilines is 2. The van der Waals surface area contributed by atoms with Gasteiger partial charge in [0, 0.05) is 18.1 Å². The Morgan fingerprint density at radius 1 is 0.893 bits per heavy atom. The minimum absolute atomic E-state index is 0.122. The first-order valence-corrected chi connectivity index (χ1v) is 9.64. The number of hydrogen-bond donors (Lipinski definition) is 3. The quantitative estimate of drug-likeness (QED) is 0.609. The average molecular weight is 396 g/mol. The molecule has 28 heavy (non-hydrogen) atoms. The highest BCUT2D eigenvalue weighted by atomic mass is 32.2. The van der Waals surface area contributed by atoms with E-state index in [1.54, 1.807) is 36.5 Å². The van der Waals surface area contributed by atoms with Crippen molar-refractivity contribution in [1.29, 1.82) is 0 Å². The number of aromatic nitrogens is 1. The van der Waals surface area contributed by atoms with Crippen LogP contribution in [0, 0.1) is 0 Å². The molecule has 2 amide bonds. The summed E-state index contributed by atoms with van der Waals surface area (Å²) in [6.07, 6.45) is 2.96. The number of carbonyl (C=O) groups is 2. The Bertz CT molecular complexity index is 1130. The minimum atomic E-state index is -3.89. The lowest BCUT2D eigenvalue weighted by Gasteiger charge is -2.12. The highest BCUT2D eigenvalue weighted by Crippen LogP contribution is 2.20. The molecule has 0 aliphatic carbocycles. The van der Waals surface area contributed by atoms with Crippen molar-refractivity contribution in [2.75, 3.05) is 10.6 Å². The number of rotatable bonds is 5. The first-order chi connectivity index (χ1) is 13.3. The van der Waals surface area contributed by atoms with Gasteiger partial charge >= 0.3 is 0 Å². The Kier molecular flexibility index (Phi) is 5.48. The van der Waals surface area contributed by atoms with Crippen LogP contribution in [-0.2, 0) is 10.0 Å². The molecule has 4 N–H and O–H groups in total. The van der Waals surface area contributed by atoms with Crippen LogP contribution >= 0.6 is 0 Å². The van der Waals surface area contributed by atoms with Crippen molar-refractivity contribution in [2.24, 2.45) is 5.14 Å². The number of pyridine rings is 1. The molecule has 0 saturated heterocycles. The van der Waals surface area contributed by atoms with Crippen molar-refractivity contribution in [3.05, 3.63) is 84.2 Å². The fraction of sp³-hybridized carbons (Fsp3) is 0. The molecule has 9 heteroatoms. The number of para-hydroxylation sites is 1. The Labute approximate surface area is 161 Å². The van der Waals surface area contributed by atoms with E-state index in [1.807, 2.05) is 0 Å². The van der Waals surface area contributed by atoms with E-state index in [1.165, 1.54) is 36.5 Å². The minimum Gasteiger partial charge on any atom is -0.322 e. The Balaban J connectivity index is 1.83. The number of nitrogens with two attached hydrogens (primary N) is 1. The SMILES string of the molecule is NS(=O)(=O)c1cccc(NC(=O)c2ccccc2NC(=O)c2cccnc2)c1. The second-order valence-corrected chi connectivity index (χ2v) is 7.33. The fourth-order valence-corrected chi connectivity index (χ4v) is 2.99. The average Bonchev–Trinajstić information content (AvgIpc) is 2.68. The zero-order valence-corrected chi connectivity index (χ0v) is 15.3. The van der Waals surface area contributed by atoms with Crippen LogP contribution in [0.1, 0.15) is 20.7 Å². The Morgan fingerprint density at radius 2 is 1.68 bits per heavy atom. The summed E-state index contributed by atoms with van der Waals surface area (Å²) in [7, 11) is -3.89. The molecule has 0 bridgehead atoms. The van der Waals surface area contributed by atoms with Gasteiger partial charge in [0.1, 0.15) is 0 Å². The molecular formula is C19H16N4O4S. The van der Waals surface area contributed by atoms with Crippen LogP contribution in [0.5, 0.6) is 0 Å². The van der Waals surface area contributed by atoms with Gasteiger partial charge in [-0.05, 0) is 42.5 Å². The molecule has 0 radical (unpaired) electrons. The van der Waals surface area contributed by atoms with Crippen molar-refractivity contribution in [3.63, 3.8) is 0 Å². The van der Waals surface area contributed by atoms with E-state index in [9.17, 15) is 18.0 Å². The van der Waals surface area contributed by atoms with Crippen molar-refractivity contribution in [3.8, 4) is 0 Å². The lowest BCUT2D eigenvalue weighted by Crippen LogP contribution is -2.18. The third-order valence-corrected chi connectivity index (χ3v) is 4.68. The molecule has 0 aliphatic heterocycles. The van der Waals surface area contributed by atoms with Crippen molar-refractivity contribution >= 4 is 33.2 Å². The van der Waals surface area contributed by atoms with Crippen LogP contribution in [0.15, 0.2) is 78.0 Å². The van der Waals surface area contributed by atoms with Gasteiger partial charge in [-0.15, -0.1) is 0 Å². The van der Waals surface area contributed by atoms with Gasteiger partial charge in [-0.1, -0.05) is 18.2 Å². The zero-order valence-electron chi connectivity index (χ0n) is 14.5. The van der Waals surface area contributed by atoms with Gasteiger partial charge in [-0.25, -0.2) is 13.6 Å². The van der Waals surface area contributed by atoms with Gasteiger partial charge in [0.25, 0.3) is 11.8 Å². The van der Waals surface area contributed by atoms with Crippen LogP contribution in [0.25, 0.3) is 0 Å². The van der Waals surface area contributed by atoms with Gasteiger partial charge in [0.15, 0.2) is 0 Å². The molecule has 3 rings (SSSR count). The van der Waals surface area contributed by atoms with Gasteiger partial charge < -0.3 is 10.6 Å². The zero-order chi connectivity index (χ0) is 20.1. The number of hydrogen-bond acceptors (Lipinski definition) is 5. The Hall–Kier alpha value is -3.56. The molecule has 1 heterocycles. The molecule has 2 aromatic carbocycles. The van der Waals surface area contributed by atoms with E-state index >= 15 is 0 Å². The third kappa shape index (κ3) is 4.58. The summed E-state index contributed by atoms with van der Waals surface area (Å²) in [6, 6.07) is 15.3. The van der Waals surface area contributed by atoms with Crippen molar-refractivity contribution < 1.29 is 18.0 Å². The smallest absolute Gasteiger partial charge is 0.257 e. The largest absolute Gasteiger partial charge is 0.322 e. The van der Waals surface area contributed by atoms with Gasteiger partial charge in [-0.3, -0.25) is 14.6 Å². The van der Waals surface area contributed by atoms with Crippen molar-refractivity contribution in [2.45, 2.75) is 4.90 Å². The van der Waals surface area contributed by atoms with E-state index in [0.29, 0.717) is 11.3 Å². The monoisotopic (exact) mass is 396 g/mol. The standard InChI is InChI=1S/C19H16N4O4S/c20-28(26,27)15-7-3-6-14(11-15)22-19(25)16-8-1-2-9-17(16)23-18(24)13-5-4-10-21-12-13/h1-12H,(H,22,25)(H,23,24)(H2,20,26,27). The predicted molar refractivity (Wildman–Crippen MR) is 104 cm³/mol. The van der Waals surface area contributed by atoms with Crippen LogP contribution in [-0.4, -0.2) is 25.2 Å². The normalized spacial score (nSPS) is 10.9. The number of amides is 2. The van der Waals surface area contributed by atoms with Crippen LogP contribution < -0.4 is 15.8 Å². The van der Waals surface area contributed by atoms with Gasteiger partial charge in [-0.2, -0.15) is 0 Å². The number of nitrogens with one attached hydrogen (secondary N) is 2. The highest BCUT2D eigenvalue weighted by molar-refractivity contribution is 7.89. The third-order valence-electron chi connectivity index (χ3n) is 3.76. The van der Waals surface area contributed by atoms with E-state index in [0.717, 1.165) is 0 Å². The number of benzene rings is 2. The molecule has 0 unspecified atom stereocenters. The van der Waals surface area contributed by atoms with E-state index in [4.69, 9.17) is 5.14 Å². The molecule has 0 spiro atoms. The molecule has 0 aliphatic rings. The Morgan fingerprint density at radius 3 is 2.39 bits per heavy atom. The summed E-state index contributed by atoms with van der Waals surface area (Å²) in [6.45, 7) is 0. The summed E-state index contributed by atoms with van der Waals surface area (Å²) in [5.41, 5.74) is 1.11. The summed E-state index contributed by atoms with van der Waals surface area (Å²) in [4.78, 5) is 28.8. The molecule has 0 fully saturated rings. The maximum absolute atomic E-state index is 12.7. The molecule has 3 aromatic rings. The molecule has 142 valence electrons. The lowest BCUT2D eigenvalue weighted by molar-refractivity contribution is 0.102. The summed E-state index contributed by atoms with van der Waals surface area (Å²) in [5, 5.41) is 10.4. The summed E-state index contributed by atoms with van der Waals surface area (Å²) < 4.78 is 22.9. The molecule has 0 atom stereocenters. The maximum atomic E-state index is 12.7. The van der Waals surface area contributed by atoms with E-state index < -0.39 is 21.8 Å². The van der Waals surface area contributed by atoms with Crippen LogP contribution in [0.3, 0.4) is 0 Å². The van der Waals surface area contributed by atoms with Crippen LogP contribution in [0.2, 0.25) is 0 Å². The summed E-state index contributed by atoms with van der Waals surface area (Å²) in [5.74, 6) is -0.932. The first kappa shape index (κ1) is 19.2. The predicted octanol–water partition coefficient (Wildman–Crippen LogP) is 2.23. The molecule has 1 aromatic heterocycles. The number of nitrogens with zero attached hydrogens (tertiary/aromatic N) is 1. The molecule has 8 nitrogen and oxygen atoms in total. The molecular weight excluding hydrogens is 380 g/mol. The number of primary sulfonamides is 1. The van der Waals surface area contributed by atoms with E-state index in [-0.39, 0.29) is 16.1 Å². The fourth-order valence-electron chi connectivity index (χ4n) is 2.43. The lowest BCUT2D eigenvalue weighted by atomic mass is 10.1. The molecule has 0 saturated carbocycles. The van der Waals surface area contributed by atoms with Gasteiger partial charge in [0.05, 0.1) is 21.7 Å². The van der Waals surface area contributed by atoms with Crippen molar-refractivity contribution in [1.82, 2.24) is 4.98 Å². The second-order valence-electron chi connectivity index (χ2n) is 5.77. The highest BCUT2D eigenvalue weighted by Gasteiger charge is 2.15. The van der Waals surface area contributed by atoms with Gasteiger partial charge in [0.2, 0.25) is 10.0 Å².